The first kappa shape index (κ1) is 16.5. The lowest BCUT2D eigenvalue weighted by atomic mass is 10.1. The van der Waals surface area contributed by atoms with Crippen LogP contribution in [0.2, 0.25) is 5.02 Å². The standard InChI is InChI=1S/C15H20ClNO3/c1-10(2)6-7-17-15(19)9-20-14-5-4-12(11(3)18)8-13(14)16/h4-5,8,10H,6-7,9H2,1-3H3,(H,17,19). The van der Waals surface area contributed by atoms with Crippen molar-refractivity contribution in [3.63, 3.8) is 0 Å². The van der Waals surface area contributed by atoms with Crippen molar-refractivity contribution in [2.45, 2.75) is 27.2 Å². The van der Waals surface area contributed by atoms with Crippen LogP contribution in [-0.4, -0.2) is 24.8 Å². The normalized spacial score (nSPS) is 10.4. The fourth-order valence-corrected chi connectivity index (χ4v) is 1.77. The Bertz CT molecular complexity index is 486. The predicted molar refractivity (Wildman–Crippen MR) is 79.4 cm³/mol. The van der Waals surface area contributed by atoms with Crippen LogP contribution in [0.5, 0.6) is 5.75 Å². The maximum Gasteiger partial charge on any atom is 0.257 e. The highest BCUT2D eigenvalue weighted by Gasteiger charge is 2.08. The lowest BCUT2D eigenvalue weighted by Gasteiger charge is -2.10. The van der Waals surface area contributed by atoms with Gasteiger partial charge >= 0.3 is 0 Å². The molecule has 1 rings (SSSR count). The largest absolute Gasteiger partial charge is 0.482 e. The van der Waals surface area contributed by atoms with Gasteiger partial charge in [0.25, 0.3) is 5.91 Å². The van der Waals surface area contributed by atoms with Crippen molar-refractivity contribution in [3.05, 3.63) is 28.8 Å². The van der Waals surface area contributed by atoms with Gasteiger partial charge in [-0.1, -0.05) is 25.4 Å². The highest BCUT2D eigenvalue weighted by atomic mass is 35.5. The summed E-state index contributed by atoms with van der Waals surface area (Å²) in [5.41, 5.74) is 0.517. The second-order valence-electron chi connectivity index (χ2n) is 5.02. The molecule has 0 bridgehead atoms. The molecule has 110 valence electrons. The van der Waals surface area contributed by atoms with Gasteiger partial charge in [-0.15, -0.1) is 0 Å². The summed E-state index contributed by atoms with van der Waals surface area (Å²) in [5.74, 6) is 0.697. The number of amides is 1. The van der Waals surface area contributed by atoms with Gasteiger partial charge in [0.05, 0.1) is 5.02 Å². The van der Waals surface area contributed by atoms with Gasteiger partial charge in [-0.3, -0.25) is 9.59 Å². The van der Waals surface area contributed by atoms with E-state index in [2.05, 4.69) is 19.2 Å². The molecular weight excluding hydrogens is 278 g/mol. The quantitative estimate of drug-likeness (QED) is 0.787. The predicted octanol–water partition coefficient (Wildman–Crippen LogP) is 3.08. The molecule has 0 atom stereocenters. The van der Waals surface area contributed by atoms with Crippen molar-refractivity contribution in [2.75, 3.05) is 13.2 Å². The Balaban J connectivity index is 2.45. The lowest BCUT2D eigenvalue weighted by Crippen LogP contribution is -2.30. The van der Waals surface area contributed by atoms with Crippen LogP contribution < -0.4 is 10.1 Å². The third kappa shape index (κ3) is 5.61. The number of ketones is 1. The molecule has 0 aromatic heterocycles. The molecule has 0 aliphatic rings. The number of benzene rings is 1. The number of rotatable bonds is 7. The molecule has 1 amide bonds. The molecule has 1 N–H and O–H groups in total. The third-order valence-electron chi connectivity index (χ3n) is 2.74. The van der Waals surface area contributed by atoms with Crippen molar-refractivity contribution in [2.24, 2.45) is 5.92 Å². The van der Waals surface area contributed by atoms with Gasteiger partial charge in [-0.25, -0.2) is 0 Å². The smallest absolute Gasteiger partial charge is 0.257 e. The minimum Gasteiger partial charge on any atom is -0.482 e. The summed E-state index contributed by atoms with van der Waals surface area (Å²) in [6.07, 6.45) is 0.930. The zero-order valence-corrected chi connectivity index (χ0v) is 12.8. The first-order chi connectivity index (χ1) is 9.40. The number of hydrogen-bond acceptors (Lipinski definition) is 3. The van der Waals surface area contributed by atoms with Crippen molar-refractivity contribution in [1.29, 1.82) is 0 Å². The van der Waals surface area contributed by atoms with Crippen LogP contribution in [0.25, 0.3) is 0 Å². The Kier molecular flexibility index (Phi) is 6.52. The summed E-state index contributed by atoms with van der Waals surface area (Å²) in [5, 5.41) is 3.10. The van der Waals surface area contributed by atoms with Gasteiger partial charge in [0.1, 0.15) is 5.75 Å². The zero-order valence-electron chi connectivity index (χ0n) is 12.0. The minimum atomic E-state index is -0.183. The molecule has 0 unspecified atom stereocenters. The lowest BCUT2D eigenvalue weighted by molar-refractivity contribution is -0.123. The van der Waals surface area contributed by atoms with Gasteiger partial charge in [-0.05, 0) is 37.5 Å². The minimum absolute atomic E-state index is 0.0649. The molecule has 0 fully saturated rings. The van der Waals surface area contributed by atoms with Gasteiger partial charge in [0.2, 0.25) is 0 Å². The summed E-state index contributed by atoms with van der Waals surface area (Å²) in [6.45, 7) is 6.21. The van der Waals surface area contributed by atoms with Crippen LogP contribution in [-0.2, 0) is 4.79 Å². The highest BCUT2D eigenvalue weighted by Crippen LogP contribution is 2.25. The first-order valence-corrected chi connectivity index (χ1v) is 6.98. The number of halogens is 1. The summed E-state index contributed by atoms with van der Waals surface area (Å²) in [6, 6.07) is 4.76. The molecule has 5 heteroatoms. The maximum absolute atomic E-state index is 11.6. The molecule has 4 nitrogen and oxygen atoms in total. The SMILES string of the molecule is CC(=O)c1ccc(OCC(=O)NCCC(C)C)c(Cl)c1. The van der Waals surface area contributed by atoms with E-state index in [9.17, 15) is 9.59 Å². The van der Waals surface area contributed by atoms with Crippen molar-refractivity contribution in [3.8, 4) is 5.75 Å². The average Bonchev–Trinajstić information content (AvgIpc) is 2.36. The fourth-order valence-electron chi connectivity index (χ4n) is 1.53. The van der Waals surface area contributed by atoms with Gasteiger partial charge < -0.3 is 10.1 Å². The maximum atomic E-state index is 11.6. The van der Waals surface area contributed by atoms with E-state index in [0.717, 1.165) is 6.42 Å². The number of ether oxygens (including phenoxy) is 1. The Labute approximate surface area is 124 Å². The first-order valence-electron chi connectivity index (χ1n) is 6.60. The van der Waals surface area contributed by atoms with E-state index in [1.165, 1.54) is 13.0 Å². The second-order valence-corrected chi connectivity index (χ2v) is 5.43. The Hall–Kier alpha value is -1.55. The van der Waals surface area contributed by atoms with E-state index in [1.807, 2.05) is 0 Å². The molecule has 0 heterocycles. The molecule has 0 saturated carbocycles. The molecule has 0 radical (unpaired) electrons. The van der Waals surface area contributed by atoms with Crippen LogP contribution >= 0.6 is 11.6 Å². The third-order valence-corrected chi connectivity index (χ3v) is 3.04. The number of carbonyl (C=O) groups is 2. The van der Waals surface area contributed by atoms with E-state index >= 15 is 0 Å². The highest BCUT2D eigenvalue weighted by molar-refractivity contribution is 6.32. The van der Waals surface area contributed by atoms with Crippen LogP contribution in [0.3, 0.4) is 0 Å². The molecule has 0 spiro atoms. The van der Waals surface area contributed by atoms with Crippen molar-refractivity contribution in [1.82, 2.24) is 5.32 Å². The number of hydrogen-bond donors (Lipinski definition) is 1. The van der Waals surface area contributed by atoms with Crippen molar-refractivity contribution < 1.29 is 14.3 Å². The van der Waals surface area contributed by atoms with Gasteiger partial charge in [0, 0.05) is 12.1 Å². The van der Waals surface area contributed by atoms with Crippen LogP contribution in [0, 0.1) is 5.92 Å². The van der Waals surface area contributed by atoms with Crippen molar-refractivity contribution >= 4 is 23.3 Å². The Morgan fingerprint density at radius 3 is 2.60 bits per heavy atom. The fraction of sp³-hybridized carbons (Fsp3) is 0.467. The number of carbonyl (C=O) groups excluding carboxylic acids is 2. The molecule has 20 heavy (non-hydrogen) atoms. The zero-order chi connectivity index (χ0) is 15.1. The van der Waals surface area contributed by atoms with Crippen LogP contribution in [0.1, 0.15) is 37.6 Å². The molecule has 1 aromatic rings. The summed E-state index contributed by atoms with van der Waals surface area (Å²) < 4.78 is 5.34. The Morgan fingerprint density at radius 2 is 2.05 bits per heavy atom. The van der Waals surface area contributed by atoms with Crippen LogP contribution in [0.4, 0.5) is 0 Å². The summed E-state index contributed by atoms with van der Waals surface area (Å²) >= 11 is 5.99. The number of Topliss-reactive ketones (excluding diaryl/α,β-unsaturated/α-hetero) is 1. The molecular formula is C15H20ClNO3. The Morgan fingerprint density at radius 1 is 1.35 bits per heavy atom. The summed E-state index contributed by atoms with van der Waals surface area (Å²) in [7, 11) is 0. The summed E-state index contributed by atoms with van der Waals surface area (Å²) in [4.78, 5) is 22.7. The monoisotopic (exact) mass is 297 g/mol. The molecule has 0 saturated heterocycles. The van der Waals surface area contributed by atoms with E-state index in [0.29, 0.717) is 28.8 Å². The second kappa shape index (κ2) is 7.90. The topological polar surface area (TPSA) is 55.4 Å². The van der Waals surface area contributed by atoms with Crippen LogP contribution in [0.15, 0.2) is 18.2 Å². The van der Waals surface area contributed by atoms with E-state index < -0.39 is 0 Å². The van der Waals surface area contributed by atoms with E-state index in [1.54, 1.807) is 12.1 Å². The molecule has 0 aliphatic heterocycles. The number of nitrogens with one attached hydrogen (secondary N) is 1. The van der Waals surface area contributed by atoms with E-state index in [4.69, 9.17) is 16.3 Å². The average molecular weight is 298 g/mol. The van der Waals surface area contributed by atoms with Gasteiger partial charge in [0.15, 0.2) is 12.4 Å². The van der Waals surface area contributed by atoms with E-state index in [-0.39, 0.29) is 18.3 Å². The molecule has 1 aromatic carbocycles. The molecule has 0 aliphatic carbocycles. The van der Waals surface area contributed by atoms with Gasteiger partial charge in [-0.2, -0.15) is 0 Å².